The molecule has 4 rings (SSSR count). The van der Waals surface area contributed by atoms with Gasteiger partial charge in [-0.2, -0.15) is 0 Å². The monoisotopic (exact) mass is 929 g/mol. The average molecular weight is 929 g/mol. The molecule has 1 aliphatic carbocycles. The zero-order chi connectivity index (χ0) is 48.6. The molecule has 3 aliphatic heterocycles. The van der Waals surface area contributed by atoms with Gasteiger partial charge in [-0.15, -0.1) is 0 Å². The van der Waals surface area contributed by atoms with Crippen molar-refractivity contribution in [2.45, 2.75) is 231 Å². The van der Waals surface area contributed by atoms with Crippen LogP contribution in [0.4, 0.5) is 0 Å². The van der Waals surface area contributed by atoms with E-state index in [2.05, 4.69) is 0 Å². The number of cyclic esters (lactones) is 1. The maximum atomic E-state index is 14.6. The van der Waals surface area contributed by atoms with Crippen molar-refractivity contribution in [1.82, 2.24) is 4.90 Å². The van der Waals surface area contributed by atoms with E-state index < -0.39 is 108 Å². The second kappa shape index (κ2) is 24.0. The first-order valence-corrected chi connectivity index (χ1v) is 24.5. The fraction of sp³-hybridized carbons (Fsp3) is 0.939. The van der Waals surface area contributed by atoms with Crippen LogP contribution in [0.15, 0.2) is 5.16 Å². The highest BCUT2D eigenvalue weighted by Crippen LogP contribution is 2.42. The van der Waals surface area contributed by atoms with Crippen molar-refractivity contribution in [1.29, 1.82) is 0 Å². The number of methoxy groups -OCH3 is 2. The molecule has 0 unspecified atom stereocenters. The Kier molecular flexibility index (Phi) is 20.6. The third-order valence-corrected chi connectivity index (χ3v) is 15.3. The van der Waals surface area contributed by atoms with Crippen LogP contribution in [0.3, 0.4) is 0 Å². The minimum atomic E-state index is -1.91. The summed E-state index contributed by atoms with van der Waals surface area (Å²) in [5.74, 6) is -3.37. The fourth-order valence-electron chi connectivity index (χ4n) is 11.2. The molecule has 16 heteroatoms. The third-order valence-electron chi connectivity index (χ3n) is 15.3. The Morgan fingerprint density at radius 3 is 2.11 bits per heavy atom. The summed E-state index contributed by atoms with van der Waals surface area (Å²) in [5, 5.41) is 40.9. The molecule has 0 aromatic heterocycles. The number of esters is 2. The molecule has 18 atom stereocenters. The molecule has 4 fully saturated rings. The third kappa shape index (κ3) is 13.6. The van der Waals surface area contributed by atoms with E-state index in [0.29, 0.717) is 24.7 Å². The van der Waals surface area contributed by atoms with E-state index in [1.54, 1.807) is 34.8 Å². The van der Waals surface area contributed by atoms with Gasteiger partial charge in [0.2, 0.25) is 0 Å². The molecule has 0 aromatic rings. The molecular formula is C49H88N2O14. The average Bonchev–Trinajstić information content (AvgIpc) is 3.25. The van der Waals surface area contributed by atoms with Gasteiger partial charge in [-0.25, -0.2) is 0 Å². The Balaban J connectivity index is 1.84. The van der Waals surface area contributed by atoms with Gasteiger partial charge in [0.15, 0.2) is 18.7 Å². The van der Waals surface area contributed by atoms with Crippen LogP contribution in [0.2, 0.25) is 0 Å². The minimum absolute atomic E-state index is 0.129. The van der Waals surface area contributed by atoms with Crippen LogP contribution in [0.5, 0.6) is 0 Å². The molecule has 0 spiro atoms. The number of nitrogens with zero attached hydrogens (tertiary/aromatic N) is 2. The number of rotatable bonds is 14. The number of ether oxygens (including phenoxy) is 8. The summed E-state index contributed by atoms with van der Waals surface area (Å²) < 4.78 is 51.2. The Morgan fingerprint density at radius 2 is 1.52 bits per heavy atom. The summed E-state index contributed by atoms with van der Waals surface area (Å²) in [6.45, 7) is 19.8. The predicted octanol–water partition coefficient (Wildman–Crippen LogP) is 6.17. The van der Waals surface area contributed by atoms with Gasteiger partial charge in [-0.3, -0.25) is 9.59 Å². The second-order valence-electron chi connectivity index (χ2n) is 20.8. The Labute approximate surface area is 390 Å². The van der Waals surface area contributed by atoms with Crippen LogP contribution in [0.25, 0.3) is 0 Å². The van der Waals surface area contributed by atoms with Crippen LogP contribution in [-0.4, -0.2) is 157 Å². The smallest absolute Gasteiger partial charge is 0.311 e. The standard InChI is InChI=1S/C49H88N2O14/c1-16-37-49(11,56)42(54)30(4)39(50-59-24-20-23-35-21-18-17-19-22-35)28(2)26-47(9,57-14)43(65-46-40(53)36(51(12)13)25-29(3)60-46)31(5)41(32(6)45(55)63-37)64-38-27-48(10,58-15)44(33(7)61-38)62-34(8)52/h28-33,35-38,40-44,46,53-54,56H,16-27H2,1-15H3/b50-39-/t28-,29-,30+,31+,32-,33+,36+,37-,38+,40-,41+,42-,43-,44+,46+,47-,48-,49-/m1/s1. The molecule has 3 heterocycles. The largest absolute Gasteiger partial charge is 0.459 e. The highest BCUT2D eigenvalue weighted by Gasteiger charge is 2.54. The van der Waals surface area contributed by atoms with Crippen LogP contribution in [0.1, 0.15) is 147 Å². The topological polar surface area (TPSA) is 193 Å². The minimum Gasteiger partial charge on any atom is -0.459 e. The van der Waals surface area contributed by atoms with Crippen molar-refractivity contribution < 1.29 is 67.6 Å². The van der Waals surface area contributed by atoms with Gasteiger partial charge in [0.1, 0.15) is 30.0 Å². The van der Waals surface area contributed by atoms with Crippen LogP contribution >= 0.6 is 0 Å². The van der Waals surface area contributed by atoms with Gasteiger partial charge >= 0.3 is 11.9 Å². The first kappa shape index (κ1) is 55.6. The van der Waals surface area contributed by atoms with Crippen molar-refractivity contribution >= 4 is 17.7 Å². The van der Waals surface area contributed by atoms with Crippen LogP contribution in [-0.2, 0) is 52.3 Å². The predicted molar refractivity (Wildman–Crippen MR) is 245 cm³/mol. The second-order valence-corrected chi connectivity index (χ2v) is 20.8. The molecule has 0 amide bonds. The van der Waals surface area contributed by atoms with E-state index in [1.807, 2.05) is 53.6 Å². The summed E-state index contributed by atoms with van der Waals surface area (Å²) in [4.78, 5) is 34.8. The summed E-state index contributed by atoms with van der Waals surface area (Å²) in [5.41, 5.74) is -3.63. The van der Waals surface area contributed by atoms with E-state index in [1.165, 1.54) is 53.1 Å². The molecule has 4 aliphatic rings. The molecule has 65 heavy (non-hydrogen) atoms. The van der Waals surface area contributed by atoms with E-state index in [0.717, 1.165) is 12.8 Å². The van der Waals surface area contributed by atoms with Crippen molar-refractivity contribution in [3.63, 3.8) is 0 Å². The maximum Gasteiger partial charge on any atom is 0.311 e. The Bertz CT molecular complexity index is 1530. The molecule has 0 bridgehead atoms. The number of hydrogen-bond acceptors (Lipinski definition) is 16. The number of likely N-dealkylation sites (N-methyl/N-ethyl adjacent to an activating group) is 1. The SMILES string of the molecule is CC[C@H]1OC(=O)[C@H](C)[C@@H](O[C@H]2C[C@@](C)(OC)[C@@H](OC(C)=O)[C@H](C)O2)[C@H](C)[C@@H](O[C@@H]2O[C@H](C)C[C@H](N(C)C)[C@H]2O)[C@](C)(OC)C[C@@H](C)/C(=N/OCCCC2CCCCC2)[C@H](C)[C@@H](O)[C@]1(C)O. The lowest BCUT2D eigenvalue weighted by atomic mass is 9.73. The van der Waals surface area contributed by atoms with Gasteiger partial charge in [0.05, 0.1) is 47.8 Å². The normalized spacial score (nSPS) is 43.8. The lowest BCUT2D eigenvalue weighted by molar-refractivity contribution is -0.320. The van der Waals surface area contributed by atoms with Gasteiger partial charge < -0.3 is 63.0 Å². The van der Waals surface area contributed by atoms with Gasteiger partial charge in [0, 0.05) is 51.4 Å². The summed E-state index contributed by atoms with van der Waals surface area (Å²) in [6, 6.07) is -0.282. The lowest BCUT2D eigenvalue weighted by Gasteiger charge is -2.50. The van der Waals surface area contributed by atoms with Gasteiger partial charge in [0.25, 0.3) is 0 Å². The maximum absolute atomic E-state index is 14.6. The fourth-order valence-corrected chi connectivity index (χ4v) is 11.2. The first-order chi connectivity index (χ1) is 30.4. The van der Waals surface area contributed by atoms with Crippen molar-refractivity contribution in [3.8, 4) is 0 Å². The van der Waals surface area contributed by atoms with E-state index >= 15 is 0 Å². The Hall–Kier alpha value is -1.99. The first-order valence-electron chi connectivity index (χ1n) is 24.5. The zero-order valence-corrected chi connectivity index (χ0v) is 42.4. The highest BCUT2D eigenvalue weighted by atomic mass is 16.7. The van der Waals surface area contributed by atoms with E-state index in [9.17, 15) is 24.9 Å². The lowest BCUT2D eigenvalue weighted by Crippen LogP contribution is -2.61. The number of hydrogen-bond donors (Lipinski definition) is 3. The summed E-state index contributed by atoms with van der Waals surface area (Å²) >= 11 is 0. The van der Waals surface area contributed by atoms with Crippen molar-refractivity contribution in [3.05, 3.63) is 0 Å². The number of aliphatic hydroxyl groups excluding tert-OH is 2. The molecule has 3 N–H and O–H groups in total. The number of carbonyl (C=O) groups is 2. The number of oxime groups is 1. The molecule has 3 saturated heterocycles. The number of carbonyl (C=O) groups excluding carboxylic acids is 2. The van der Waals surface area contributed by atoms with Crippen molar-refractivity contribution in [2.24, 2.45) is 34.7 Å². The Morgan fingerprint density at radius 1 is 0.892 bits per heavy atom. The quantitative estimate of drug-likeness (QED) is 0.102. The molecule has 0 aromatic carbocycles. The summed E-state index contributed by atoms with van der Waals surface area (Å²) in [6.07, 6.45) is 0.0769. The van der Waals surface area contributed by atoms with Gasteiger partial charge in [-0.05, 0) is 93.7 Å². The molecule has 0 radical (unpaired) electrons. The van der Waals surface area contributed by atoms with Gasteiger partial charge in [-0.1, -0.05) is 65.0 Å². The molecule has 1 saturated carbocycles. The van der Waals surface area contributed by atoms with E-state index in [-0.39, 0.29) is 31.4 Å². The van der Waals surface area contributed by atoms with Crippen LogP contribution in [0, 0.1) is 29.6 Å². The van der Waals surface area contributed by atoms with Crippen LogP contribution < -0.4 is 0 Å². The number of aliphatic hydroxyl groups is 3. The molecule has 378 valence electrons. The molecular weight excluding hydrogens is 841 g/mol. The molecule has 16 nitrogen and oxygen atoms in total. The summed E-state index contributed by atoms with van der Waals surface area (Å²) in [7, 11) is 6.94. The zero-order valence-electron chi connectivity index (χ0n) is 42.4. The van der Waals surface area contributed by atoms with E-state index in [4.69, 9.17) is 47.9 Å². The highest BCUT2D eigenvalue weighted by molar-refractivity contribution is 5.88. The van der Waals surface area contributed by atoms with Crippen molar-refractivity contribution in [2.75, 3.05) is 34.9 Å².